The Labute approximate surface area is 299 Å². The van der Waals surface area contributed by atoms with Gasteiger partial charge in [0.15, 0.2) is 0 Å². The number of pyridine rings is 1. The second-order valence-electron chi connectivity index (χ2n) is 14.6. The van der Waals surface area contributed by atoms with Gasteiger partial charge in [-0.15, -0.1) is 23.8 Å². The number of benzene rings is 4. The average molecular weight is 818 g/mol. The maximum Gasteiger partial charge on any atom is 0.217 e. The van der Waals surface area contributed by atoms with E-state index < -0.39 is 0 Å². The molecule has 6 heteroatoms. The molecule has 1 aliphatic carbocycles. The summed E-state index contributed by atoms with van der Waals surface area (Å²) in [5.41, 5.74) is 9.26. The fourth-order valence-electron chi connectivity index (χ4n) is 7.56. The van der Waals surface area contributed by atoms with Gasteiger partial charge in [-0.2, -0.15) is 0 Å². The van der Waals surface area contributed by atoms with Crippen molar-refractivity contribution in [2.75, 3.05) is 4.90 Å². The maximum atomic E-state index is 10.4. The predicted octanol–water partition coefficient (Wildman–Crippen LogP) is 10.6. The monoisotopic (exact) mass is 817 g/mol. The second-order valence-corrected chi connectivity index (χ2v) is 14.6. The van der Waals surface area contributed by atoms with Crippen LogP contribution in [0, 0.1) is 6.07 Å². The number of amidine groups is 1. The van der Waals surface area contributed by atoms with Gasteiger partial charge in [-0.25, -0.2) is 4.98 Å². The minimum Gasteiger partial charge on any atom is -0.506 e. The van der Waals surface area contributed by atoms with Gasteiger partial charge in [0, 0.05) is 49.4 Å². The van der Waals surface area contributed by atoms with Gasteiger partial charge < -0.3 is 19.7 Å². The van der Waals surface area contributed by atoms with E-state index in [0.717, 1.165) is 16.8 Å². The number of phenols is 1. The van der Waals surface area contributed by atoms with Crippen LogP contribution in [-0.2, 0) is 26.5 Å². The van der Waals surface area contributed by atoms with Crippen LogP contribution in [0.3, 0.4) is 0 Å². The zero-order valence-corrected chi connectivity index (χ0v) is 31.3. The predicted molar refractivity (Wildman–Crippen MR) is 192 cm³/mol. The first-order valence-corrected chi connectivity index (χ1v) is 16.9. The van der Waals surface area contributed by atoms with Crippen LogP contribution in [0.2, 0.25) is 0 Å². The number of aliphatic imine (C=N–C) groups is 1. The van der Waals surface area contributed by atoms with Crippen molar-refractivity contribution in [2.45, 2.75) is 90.6 Å². The zero-order chi connectivity index (χ0) is 33.2. The fourth-order valence-corrected chi connectivity index (χ4v) is 7.56. The van der Waals surface area contributed by atoms with Gasteiger partial charge in [0.1, 0.15) is 11.3 Å². The Hall–Kier alpha value is -3.95. The van der Waals surface area contributed by atoms with E-state index in [0.29, 0.717) is 34.9 Å². The van der Waals surface area contributed by atoms with Crippen molar-refractivity contribution in [3.05, 3.63) is 124 Å². The summed E-state index contributed by atoms with van der Waals surface area (Å²) in [6.45, 7) is 18.5. The number of para-hydroxylation sites is 1. The summed E-state index contributed by atoms with van der Waals surface area (Å²) in [4.78, 5) is 12.7. The van der Waals surface area contributed by atoms with Gasteiger partial charge >= 0.3 is 0 Å². The minimum atomic E-state index is -0.156. The molecule has 1 aliphatic heterocycles. The van der Waals surface area contributed by atoms with E-state index >= 15 is 0 Å². The Morgan fingerprint density at radius 1 is 0.812 bits per heavy atom. The first-order valence-electron chi connectivity index (χ1n) is 16.9. The van der Waals surface area contributed by atoms with Crippen molar-refractivity contribution in [3.8, 4) is 17.4 Å². The molecule has 5 nitrogen and oxygen atoms in total. The van der Waals surface area contributed by atoms with Crippen LogP contribution in [0.5, 0.6) is 17.4 Å². The third-order valence-corrected chi connectivity index (χ3v) is 10.0. The molecule has 0 spiro atoms. The van der Waals surface area contributed by atoms with Crippen LogP contribution in [-0.4, -0.2) is 22.0 Å². The Kier molecular flexibility index (Phi) is 9.06. The summed E-state index contributed by atoms with van der Waals surface area (Å²) in [6.07, 6.45) is 0. The number of rotatable bonds is 7. The van der Waals surface area contributed by atoms with Gasteiger partial charge in [-0.3, -0.25) is 0 Å². The fraction of sp³-hybridized carbons (Fsp3) is 0.333. The first-order chi connectivity index (χ1) is 22.5. The number of ether oxygens (including phenoxy) is 1. The standard InChI is InChI=1S/C42H44N3O2.Pt/c1-24(2)29-22-32(25(3)4)39(33(23-29)26(5)6)45-40-38(31-16-9-10-17-34(31)42(40,7)8)44-41(45)28-14-11-15-30(21-28)47-36-20-19-27-13-12-18-35(46)37(27)43-36;/h9-20,22-26,38,40,46H,1-8H3;/q-1;/t38-,40+;/m0./s1. The maximum absolute atomic E-state index is 10.4. The summed E-state index contributed by atoms with van der Waals surface area (Å²) in [5.74, 6) is 3.06. The number of aromatic nitrogens is 1. The van der Waals surface area contributed by atoms with E-state index in [1.165, 1.54) is 33.5 Å². The molecule has 2 atom stereocenters. The van der Waals surface area contributed by atoms with E-state index in [1.54, 1.807) is 6.07 Å². The van der Waals surface area contributed by atoms with Crippen molar-refractivity contribution in [2.24, 2.45) is 4.99 Å². The topological polar surface area (TPSA) is 58.0 Å². The third kappa shape index (κ3) is 5.64. The second kappa shape index (κ2) is 12.8. The number of fused-ring (bicyclic) bond motifs is 4. The zero-order valence-electron chi connectivity index (χ0n) is 29.0. The molecule has 0 bridgehead atoms. The molecule has 0 saturated heterocycles. The van der Waals surface area contributed by atoms with E-state index in [4.69, 9.17) is 9.73 Å². The first kappa shape index (κ1) is 33.9. The number of nitrogens with zero attached hydrogens (tertiary/aromatic N) is 3. The van der Waals surface area contributed by atoms with Gasteiger partial charge in [-0.1, -0.05) is 110 Å². The number of hydrogen-bond acceptors (Lipinski definition) is 5. The van der Waals surface area contributed by atoms with Crippen LogP contribution < -0.4 is 9.64 Å². The smallest absolute Gasteiger partial charge is 0.217 e. The molecule has 0 saturated carbocycles. The van der Waals surface area contributed by atoms with Crippen LogP contribution in [0.4, 0.5) is 5.69 Å². The Morgan fingerprint density at radius 2 is 1.50 bits per heavy atom. The molecule has 1 aromatic heterocycles. The number of hydrogen-bond donors (Lipinski definition) is 1. The molecule has 2 heterocycles. The molecule has 7 rings (SSSR count). The molecule has 4 aromatic carbocycles. The van der Waals surface area contributed by atoms with Gasteiger partial charge in [0.2, 0.25) is 5.88 Å². The summed E-state index contributed by atoms with van der Waals surface area (Å²) in [7, 11) is 0. The minimum absolute atomic E-state index is 0. The number of anilines is 1. The van der Waals surface area contributed by atoms with E-state index in [2.05, 4.69) is 114 Å². The van der Waals surface area contributed by atoms with Crippen LogP contribution in [0.25, 0.3) is 10.9 Å². The Balaban J connectivity index is 0.00000401. The Bertz CT molecular complexity index is 2000. The third-order valence-electron chi connectivity index (χ3n) is 10.0. The normalized spacial score (nSPS) is 17.9. The number of aromatic hydroxyl groups is 1. The molecule has 1 N–H and O–H groups in total. The summed E-state index contributed by atoms with van der Waals surface area (Å²) in [6, 6.07) is 32.4. The van der Waals surface area contributed by atoms with Crippen LogP contribution in [0.15, 0.2) is 89.9 Å². The summed E-state index contributed by atoms with van der Waals surface area (Å²) in [5, 5.41) is 11.3. The molecule has 5 aromatic rings. The molecular formula is C42H44N3O2Pt-. The molecule has 250 valence electrons. The van der Waals surface area contributed by atoms with Gasteiger partial charge in [0.25, 0.3) is 0 Å². The van der Waals surface area contributed by atoms with Crippen molar-refractivity contribution in [1.82, 2.24) is 4.98 Å². The molecule has 0 radical (unpaired) electrons. The molecule has 48 heavy (non-hydrogen) atoms. The molecule has 0 unspecified atom stereocenters. The van der Waals surface area contributed by atoms with Gasteiger partial charge in [-0.05, 0) is 57.7 Å². The summed E-state index contributed by atoms with van der Waals surface area (Å²) >= 11 is 0. The molecular weight excluding hydrogens is 774 g/mol. The van der Waals surface area contributed by atoms with Gasteiger partial charge in [0.05, 0.1) is 17.9 Å². The summed E-state index contributed by atoms with van der Waals surface area (Å²) < 4.78 is 6.29. The van der Waals surface area contributed by atoms with Crippen molar-refractivity contribution in [3.63, 3.8) is 0 Å². The van der Waals surface area contributed by atoms with E-state index in [1.807, 2.05) is 36.4 Å². The quantitative estimate of drug-likeness (QED) is 0.166. The molecule has 0 fully saturated rings. The van der Waals surface area contributed by atoms with Crippen molar-refractivity contribution < 1.29 is 30.9 Å². The Morgan fingerprint density at radius 3 is 2.19 bits per heavy atom. The average Bonchev–Trinajstić information content (AvgIpc) is 3.55. The van der Waals surface area contributed by atoms with Crippen LogP contribution in [0.1, 0.15) is 113 Å². The van der Waals surface area contributed by atoms with E-state index in [-0.39, 0.29) is 44.3 Å². The van der Waals surface area contributed by atoms with Crippen molar-refractivity contribution in [1.29, 1.82) is 0 Å². The van der Waals surface area contributed by atoms with Crippen molar-refractivity contribution >= 4 is 22.4 Å². The number of phenolic OH excluding ortho intramolecular Hbond substituents is 1. The SMILES string of the molecule is CC(C)c1cc(C(C)C)c(N2C(c3[c-]c(Oc4ccc5cccc(O)c5n4)ccc3)=N[C@H]3c4ccccc4C(C)(C)[C@@H]32)c(C(C)C)c1.[Pt]. The molecule has 2 aliphatic rings. The van der Waals surface area contributed by atoms with Crippen LogP contribution >= 0.6 is 0 Å². The molecule has 0 amide bonds. The largest absolute Gasteiger partial charge is 0.506 e. The van der Waals surface area contributed by atoms with E-state index in [9.17, 15) is 5.11 Å².